The first-order chi connectivity index (χ1) is 9.24. The Balaban J connectivity index is 1.66. The van der Waals surface area contributed by atoms with Crippen molar-refractivity contribution in [3.63, 3.8) is 0 Å². The Morgan fingerprint density at radius 2 is 2.00 bits per heavy atom. The van der Waals surface area contributed by atoms with Crippen LogP contribution in [0.2, 0.25) is 5.02 Å². The van der Waals surface area contributed by atoms with Gasteiger partial charge >= 0.3 is 6.03 Å². The predicted molar refractivity (Wildman–Crippen MR) is 78.3 cm³/mol. The Hall–Kier alpha value is -1.22. The van der Waals surface area contributed by atoms with Gasteiger partial charge in [0.25, 0.3) is 0 Å². The number of hydrogen-bond donors (Lipinski definition) is 2. The van der Waals surface area contributed by atoms with Crippen molar-refractivity contribution in [2.75, 3.05) is 6.54 Å². The maximum atomic E-state index is 11.7. The van der Waals surface area contributed by atoms with Gasteiger partial charge in [0.15, 0.2) is 0 Å². The fourth-order valence-electron chi connectivity index (χ4n) is 2.52. The first kappa shape index (κ1) is 14.2. The number of halogens is 1. The lowest BCUT2D eigenvalue weighted by Crippen LogP contribution is -2.38. The Labute approximate surface area is 119 Å². The Morgan fingerprint density at radius 1 is 1.21 bits per heavy atom. The van der Waals surface area contributed by atoms with E-state index in [1.165, 1.54) is 32.1 Å². The fraction of sp³-hybridized carbons (Fsp3) is 0.533. The molecule has 2 rings (SSSR count). The van der Waals surface area contributed by atoms with E-state index in [1.54, 1.807) is 0 Å². The number of carbonyl (C=O) groups excluding carboxylic acids is 1. The lowest BCUT2D eigenvalue weighted by Gasteiger charge is -2.21. The monoisotopic (exact) mass is 280 g/mol. The Kier molecular flexibility index (Phi) is 5.52. The summed E-state index contributed by atoms with van der Waals surface area (Å²) in [6.45, 7) is 1.30. The van der Waals surface area contributed by atoms with Crippen molar-refractivity contribution in [3.05, 3.63) is 34.9 Å². The van der Waals surface area contributed by atoms with Crippen LogP contribution in [0.1, 0.15) is 37.7 Å². The molecule has 0 unspecified atom stereocenters. The molecule has 2 N–H and O–H groups in total. The number of amides is 2. The SMILES string of the molecule is O=C(NCc1cccc(Cl)c1)NCC1CCCCC1. The van der Waals surface area contributed by atoms with Gasteiger partial charge in [-0.3, -0.25) is 0 Å². The molecule has 0 spiro atoms. The highest BCUT2D eigenvalue weighted by Crippen LogP contribution is 2.22. The van der Waals surface area contributed by atoms with E-state index in [4.69, 9.17) is 11.6 Å². The van der Waals surface area contributed by atoms with Gasteiger partial charge in [-0.2, -0.15) is 0 Å². The maximum absolute atomic E-state index is 11.7. The van der Waals surface area contributed by atoms with Crippen LogP contribution in [0.25, 0.3) is 0 Å². The normalized spacial score (nSPS) is 16.1. The van der Waals surface area contributed by atoms with E-state index in [2.05, 4.69) is 10.6 Å². The summed E-state index contributed by atoms with van der Waals surface area (Å²) in [4.78, 5) is 11.7. The van der Waals surface area contributed by atoms with Crippen LogP contribution >= 0.6 is 11.6 Å². The molecule has 2 amide bonds. The van der Waals surface area contributed by atoms with Crippen LogP contribution in [0, 0.1) is 5.92 Å². The van der Waals surface area contributed by atoms with Crippen LogP contribution in [-0.2, 0) is 6.54 Å². The van der Waals surface area contributed by atoms with Crippen molar-refractivity contribution in [1.29, 1.82) is 0 Å². The summed E-state index contributed by atoms with van der Waals surface area (Å²) < 4.78 is 0. The summed E-state index contributed by atoms with van der Waals surface area (Å²) in [6.07, 6.45) is 6.44. The summed E-state index contributed by atoms with van der Waals surface area (Å²) in [5.74, 6) is 0.658. The first-order valence-corrected chi connectivity index (χ1v) is 7.38. The van der Waals surface area contributed by atoms with E-state index in [9.17, 15) is 4.79 Å². The lowest BCUT2D eigenvalue weighted by atomic mass is 9.89. The van der Waals surface area contributed by atoms with Crippen LogP contribution < -0.4 is 10.6 Å². The average Bonchev–Trinajstić information content (AvgIpc) is 2.44. The summed E-state index contributed by atoms with van der Waals surface area (Å²) >= 11 is 5.89. The summed E-state index contributed by atoms with van der Waals surface area (Å²) in [5, 5.41) is 6.51. The summed E-state index contributed by atoms with van der Waals surface area (Å²) in [5.41, 5.74) is 1.01. The Bertz CT molecular complexity index is 416. The average molecular weight is 281 g/mol. The molecule has 1 aliphatic rings. The molecule has 0 aliphatic heterocycles. The minimum absolute atomic E-state index is 0.0921. The van der Waals surface area contributed by atoms with Gasteiger partial charge < -0.3 is 10.6 Å². The minimum Gasteiger partial charge on any atom is -0.338 e. The quantitative estimate of drug-likeness (QED) is 0.867. The van der Waals surface area contributed by atoms with Gasteiger partial charge in [0, 0.05) is 18.1 Å². The number of nitrogens with one attached hydrogen (secondary N) is 2. The topological polar surface area (TPSA) is 41.1 Å². The summed E-state index contributed by atoms with van der Waals surface area (Å²) in [7, 11) is 0. The zero-order valence-electron chi connectivity index (χ0n) is 11.1. The maximum Gasteiger partial charge on any atom is 0.315 e. The molecule has 0 radical (unpaired) electrons. The van der Waals surface area contributed by atoms with E-state index in [-0.39, 0.29) is 6.03 Å². The molecule has 19 heavy (non-hydrogen) atoms. The Morgan fingerprint density at radius 3 is 2.74 bits per heavy atom. The van der Waals surface area contributed by atoms with Crippen LogP contribution in [0.4, 0.5) is 4.79 Å². The molecule has 0 saturated heterocycles. The first-order valence-electron chi connectivity index (χ1n) is 7.00. The van der Waals surface area contributed by atoms with E-state index >= 15 is 0 Å². The predicted octanol–water partition coefficient (Wildman–Crippen LogP) is 3.72. The van der Waals surface area contributed by atoms with E-state index in [0.29, 0.717) is 17.5 Å². The van der Waals surface area contributed by atoms with Crippen LogP contribution in [0.15, 0.2) is 24.3 Å². The second-order valence-corrected chi connectivity index (χ2v) is 5.63. The smallest absolute Gasteiger partial charge is 0.315 e. The minimum atomic E-state index is -0.0921. The third kappa shape index (κ3) is 5.11. The molecule has 0 aromatic heterocycles. The number of benzene rings is 1. The third-order valence-electron chi connectivity index (χ3n) is 3.62. The van der Waals surface area contributed by atoms with E-state index in [1.807, 2.05) is 24.3 Å². The fourth-order valence-corrected chi connectivity index (χ4v) is 2.73. The van der Waals surface area contributed by atoms with Crippen LogP contribution in [-0.4, -0.2) is 12.6 Å². The van der Waals surface area contributed by atoms with Crippen molar-refractivity contribution in [1.82, 2.24) is 10.6 Å². The molecule has 0 bridgehead atoms. The largest absolute Gasteiger partial charge is 0.338 e. The van der Waals surface area contributed by atoms with Gasteiger partial charge in [-0.05, 0) is 36.5 Å². The molecule has 1 fully saturated rings. The zero-order chi connectivity index (χ0) is 13.5. The van der Waals surface area contributed by atoms with Crippen molar-refractivity contribution in [2.45, 2.75) is 38.6 Å². The molecule has 4 heteroatoms. The highest BCUT2D eigenvalue weighted by atomic mass is 35.5. The van der Waals surface area contributed by atoms with Gasteiger partial charge in [-0.15, -0.1) is 0 Å². The lowest BCUT2D eigenvalue weighted by molar-refractivity contribution is 0.236. The number of carbonyl (C=O) groups is 1. The van der Waals surface area contributed by atoms with Gasteiger partial charge in [-0.1, -0.05) is 43.0 Å². The van der Waals surface area contributed by atoms with Gasteiger partial charge in [0.05, 0.1) is 0 Å². The molecule has 104 valence electrons. The van der Waals surface area contributed by atoms with E-state index < -0.39 is 0 Å². The number of urea groups is 1. The summed E-state index contributed by atoms with van der Waals surface area (Å²) in [6, 6.07) is 7.44. The molecule has 0 heterocycles. The van der Waals surface area contributed by atoms with Crippen LogP contribution in [0.5, 0.6) is 0 Å². The van der Waals surface area contributed by atoms with Crippen LogP contribution in [0.3, 0.4) is 0 Å². The second kappa shape index (κ2) is 7.39. The number of rotatable bonds is 4. The van der Waals surface area contributed by atoms with Gasteiger partial charge in [0.1, 0.15) is 0 Å². The molecule has 1 aromatic rings. The second-order valence-electron chi connectivity index (χ2n) is 5.20. The van der Waals surface area contributed by atoms with Crippen molar-refractivity contribution in [2.24, 2.45) is 5.92 Å². The molecule has 0 atom stereocenters. The molecule has 1 aliphatic carbocycles. The van der Waals surface area contributed by atoms with Crippen molar-refractivity contribution in [3.8, 4) is 0 Å². The molecule has 1 aromatic carbocycles. The van der Waals surface area contributed by atoms with Crippen molar-refractivity contribution >= 4 is 17.6 Å². The van der Waals surface area contributed by atoms with Crippen molar-refractivity contribution < 1.29 is 4.79 Å². The van der Waals surface area contributed by atoms with Gasteiger partial charge in [0.2, 0.25) is 0 Å². The molecular formula is C15H21ClN2O. The highest BCUT2D eigenvalue weighted by Gasteiger charge is 2.13. The van der Waals surface area contributed by atoms with Gasteiger partial charge in [-0.25, -0.2) is 4.79 Å². The standard InChI is InChI=1S/C15H21ClN2O/c16-14-8-4-7-13(9-14)11-18-15(19)17-10-12-5-2-1-3-6-12/h4,7-9,12H,1-3,5-6,10-11H2,(H2,17,18,19). The number of hydrogen-bond acceptors (Lipinski definition) is 1. The molecular weight excluding hydrogens is 260 g/mol. The third-order valence-corrected chi connectivity index (χ3v) is 3.85. The highest BCUT2D eigenvalue weighted by molar-refractivity contribution is 6.30. The van der Waals surface area contributed by atoms with E-state index in [0.717, 1.165) is 12.1 Å². The zero-order valence-corrected chi connectivity index (χ0v) is 11.9. The molecule has 1 saturated carbocycles. The molecule has 3 nitrogen and oxygen atoms in total.